The Kier molecular flexibility index (Phi) is 8.05. The normalized spacial score (nSPS) is 21.4. The zero-order valence-electron chi connectivity index (χ0n) is 20.0. The second kappa shape index (κ2) is 11.0. The predicted molar refractivity (Wildman–Crippen MR) is 122 cm³/mol. The average molecular weight is 499 g/mol. The van der Waals surface area contributed by atoms with Crippen LogP contribution in [0.1, 0.15) is 26.2 Å². The molecule has 0 N–H and O–H groups in total. The van der Waals surface area contributed by atoms with E-state index in [2.05, 4.69) is 14.5 Å². The second-order valence-corrected chi connectivity index (χ2v) is 9.38. The summed E-state index contributed by atoms with van der Waals surface area (Å²) in [5.74, 6) is -0.122. The molecule has 2 amide bonds. The van der Waals surface area contributed by atoms with Crippen LogP contribution in [0.2, 0.25) is 0 Å². The van der Waals surface area contributed by atoms with Crippen LogP contribution in [0.4, 0.5) is 13.2 Å². The first-order valence-electron chi connectivity index (χ1n) is 12.2. The molecule has 4 rings (SSSR count). The molecule has 3 fully saturated rings. The molecule has 1 aromatic carbocycles. The van der Waals surface area contributed by atoms with Crippen molar-refractivity contribution >= 4 is 11.8 Å². The molecule has 2 heterocycles. The zero-order valence-corrected chi connectivity index (χ0v) is 20.0. The number of alkyl halides is 3. The topological polar surface area (TPSA) is 65.6 Å². The van der Waals surface area contributed by atoms with Crippen molar-refractivity contribution in [3.05, 3.63) is 24.3 Å². The van der Waals surface area contributed by atoms with Gasteiger partial charge in [0.25, 0.3) is 5.91 Å². The molecule has 2 saturated heterocycles. The van der Waals surface area contributed by atoms with E-state index in [0.29, 0.717) is 38.8 Å². The van der Waals surface area contributed by atoms with Crippen LogP contribution in [-0.2, 0) is 9.59 Å². The van der Waals surface area contributed by atoms with Gasteiger partial charge in [0.2, 0.25) is 5.91 Å². The molecule has 1 aliphatic carbocycles. The first-order valence-corrected chi connectivity index (χ1v) is 12.2. The Balaban J connectivity index is 1.17. The number of carbonyl (C=O) groups is 2. The molecule has 0 bridgehead atoms. The van der Waals surface area contributed by atoms with Crippen LogP contribution < -0.4 is 9.47 Å². The van der Waals surface area contributed by atoms with Gasteiger partial charge in [-0.05, 0) is 44.0 Å². The highest BCUT2D eigenvalue weighted by molar-refractivity contribution is 5.81. The third-order valence-corrected chi connectivity index (χ3v) is 7.02. The van der Waals surface area contributed by atoms with Gasteiger partial charge >= 0.3 is 6.36 Å². The van der Waals surface area contributed by atoms with Crippen molar-refractivity contribution in [1.29, 1.82) is 0 Å². The summed E-state index contributed by atoms with van der Waals surface area (Å²) in [4.78, 5) is 33.8. The minimum Gasteiger partial charge on any atom is -0.481 e. The van der Waals surface area contributed by atoms with Crippen LogP contribution in [0, 0.1) is 0 Å². The molecule has 8 nitrogen and oxygen atoms in total. The first kappa shape index (κ1) is 25.6. The van der Waals surface area contributed by atoms with Crippen molar-refractivity contribution < 1.29 is 32.2 Å². The lowest BCUT2D eigenvalue weighted by molar-refractivity contribution is -0.274. The summed E-state index contributed by atoms with van der Waals surface area (Å²) >= 11 is 0. The Morgan fingerprint density at radius 2 is 1.49 bits per heavy atom. The number of piperazine rings is 2. The molecule has 1 unspecified atom stereocenters. The highest BCUT2D eigenvalue weighted by atomic mass is 19.4. The third-order valence-electron chi connectivity index (χ3n) is 7.02. The number of hydrogen-bond donors (Lipinski definition) is 0. The van der Waals surface area contributed by atoms with E-state index >= 15 is 0 Å². The Labute approximate surface area is 203 Å². The van der Waals surface area contributed by atoms with Crippen LogP contribution in [0.15, 0.2) is 24.3 Å². The van der Waals surface area contributed by atoms with Gasteiger partial charge in [0.05, 0.1) is 6.54 Å². The van der Waals surface area contributed by atoms with Gasteiger partial charge in [-0.15, -0.1) is 13.2 Å². The number of rotatable bonds is 7. The Morgan fingerprint density at radius 3 is 2.03 bits per heavy atom. The van der Waals surface area contributed by atoms with E-state index in [1.807, 2.05) is 4.90 Å². The molecule has 194 valence electrons. The lowest BCUT2D eigenvalue weighted by atomic mass is 9.91. The zero-order chi connectivity index (χ0) is 25.0. The molecule has 11 heteroatoms. The smallest absolute Gasteiger partial charge is 0.481 e. The van der Waals surface area contributed by atoms with E-state index in [0.717, 1.165) is 38.3 Å². The van der Waals surface area contributed by atoms with Gasteiger partial charge < -0.3 is 19.3 Å². The maximum Gasteiger partial charge on any atom is 0.573 e. The summed E-state index contributed by atoms with van der Waals surface area (Å²) in [6, 6.07) is 5.67. The van der Waals surface area contributed by atoms with Gasteiger partial charge in [0.15, 0.2) is 6.10 Å². The molecular weight excluding hydrogens is 465 g/mol. The minimum atomic E-state index is -4.76. The van der Waals surface area contributed by atoms with Crippen molar-refractivity contribution in [2.24, 2.45) is 0 Å². The minimum absolute atomic E-state index is 0.146. The number of halogens is 3. The van der Waals surface area contributed by atoms with Crippen LogP contribution in [0.5, 0.6) is 11.5 Å². The van der Waals surface area contributed by atoms with Gasteiger partial charge in [-0.25, -0.2) is 0 Å². The van der Waals surface area contributed by atoms with Crippen molar-refractivity contribution in [3.63, 3.8) is 0 Å². The van der Waals surface area contributed by atoms with E-state index in [9.17, 15) is 22.8 Å². The van der Waals surface area contributed by atoms with Crippen molar-refractivity contribution in [3.8, 4) is 11.5 Å². The van der Waals surface area contributed by atoms with Crippen LogP contribution in [0.3, 0.4) is 0 Å². The lowest BCUT2D eigenvalue weighted by Crippen LogP contribution is -2.57. The van der Waals surface area contributed by atoms with Crippen molar-refractivity contribution in [2.45, 2.75) is 44.7 Å². The third kappa shape index (κ3) is 7.00. The van der Waals surface area contributed by atoms with E-state index in [1.165, 1.54) is 31.4 Å². The van der Waals surface area contributed by atoms with Crippen LogP contribution in [0.25, 0.3) is 0 Å². The maximum absolute atomic E-state index is 12.8. The fourth-order valence-electron chi connectivity index (χ4n) is 4.74. The SMILES string of the molecule is CC(Oc1ccc(OC(F)(F)F)cc1)C(=O)N1CCN(CC(=O)N2CCN(C3CCC3)CC2)CC1. The summed E-state index contributed by atoms with van der Waals surface area (Å²) in [7, 11) is 0. The molecule has 3 aliphatic rings. The summed E-state index contributed by atoms with van der Waals surface area (Å²) in [6.07, 6.45) is -1.67. The van der Waals surface area contributed by atoms with Crippen LogP contribution >= 0.6 is 0 Å². The predicted octanol–water partition coefficient (Wildman–Crippen LogP) is 2.19. The van der Waals surface area contributed by atoms with E-state index in [4.69, 9.17) is 4.74 Å². The first-order chi connectivity index (χ1) is 16.7. The molecule has 0 spiro atoms. The number of ether oxygens (including phenoxy) is 2. The maximum atomic E-state index is 12.8. The van der Waals surface area contributed by atoms with Gasteiger partial charge in [-0.2, -0.15) is 0 Å². The number of carbonyl (C=O) groups excluding carboxylic acids is 2. The number of nitrogens with zero attached hydrogens (tertiary/aromatic N) is 4. The Morgan fingerprint density at radius 1 is 0.914 bits per heavy atom. The number of hydrogen-bond acceptors (Lipinski definition) is 6. The molecule has 1 saturated carbocycles. The molecule has 1 atom stereocenters. The molecule has 2 aliphatic heterocycles. The number of amides is 2. The van der Waals surface area contributed by atoms with Crippen LogP contribution in [-0.4, -0.2) is 109 Å². The standard InChI is InChI=1S/C24H33F3N4O4/c1-18(34-20-5-7-21(8-6-20)35-24(25,26)27)23(33)31-11-9-28(10-12-31)17-22(32)30-15-13-29(14-16-30)19-3-2-4-19/h5-8,18-19H,2-4,9-17H2,1H3. The summed E-state index contributed by atoms with van der Waals surface area (Å²) in [5.41, 5.74) is 0. The van der Waals surface area contributed by atoms with Gasteiger partial charge in [-0.1, -0.05) is 6.42 Å². The highest BCUT2D eigenvalue weighted by Gasteiger charge is 2.32. The van der Waals surface area contributed by atoms with Gasteiger partial charge in [-0.3, -0.25) is 19.4 Å². The molecule has 1 aromatic rings. The summed E-state index contributed by atoms with van der Waals surface area (Å²) in [6.45, 7) is 7.65. The fraction of sp³-hybridized carbons (Fsp3) is 0.667. The van der Waals surface area contributed by atoms with Crippen molar-refractivity contribution in [1.82, 2.24) is 19.6 Å². The molecule has 0 aromatic heterocycles. The molecule has 35 heavy (non-hydrogen) atoms. The van der Waals surface area contributed by atoms with E-state index in [-0.39, 0.29) is 23.3 Å². The molecule has 0 radical (unpaired) electrons. The quantitative estimate of drug-likeness (QED) is 0.575. The largest absolute Gasteiger partial charge is 0.573 e. The average Bonchev–Trinajstić information content (AvgIpc) is 2.79. The highest BCUT2D eigenvalue weighted by Crippen LogP contribution is 2.26. The number of benzene rings is 1. The summed E-state index contributed by atoms with van der Waals surface area (Å²) < 4.78 is 46.3. The molecular formula is C24H33F3N4O4. The van der Waals surface area contributed by atoms with Gasteiger partial charge in [0, 0.05) is 58.4 Å². The fourth-order valence-corrected chi connectivity index (χ4v) is 4.74. The second-order valence-electron chi connectivity index (χ2n) is 9.38. The monoisotopic (exact) mass is 498 g/mol. The van der Waals surface area contributed by atoms with E-state index < -0.39 is 12.5 Å². The van der Waals surface area contributed by atoms with Crippen molar-refractivity contribution in [2.75, 3.05) is 58.9 Å². The Hall–Kier alpha value is -2.53. The lowest BCUT2D eigenvalue weighted by Gasteiger charge is -2.43. The van der Waals surface area contributed by atoms with Gasteiger partial charge in [0.1, 0.15) is 11.5 Å². The summed E-state index contributed by atoms with van der Waals surface area (Å²) in [5, 5.41) is 0. The van der Waals surface area contributed by atoms with E-state index in [1.54, 1.807) is 11.8 Å². The Bertz CT molecular complexity index is 863.